The molecule has 178 valence electrons. The largest absolute Gasteiger partial charge is 0.416 e. The van der Waals surface area contributed by atoms with Crippen molar-refractivity contribution in [3.05, 3.63) is 77.4 Å². The van der Waals surface area contributed by atoms with Crippen LogP contribution in [-0.2, 0) is 21.3 Å². The Morgan fingerprint density at radius 1 is 1.06 bits per heavy atom. The lowest BCUT2D eigenvalue weighted by atomic mass is 9.88. The van der Waals surface area contributed by atoms with Crippen LogP contribution < -0.4 is 0 Å². The summed E-state index contributed by atoms with van der Waals surface area (Å²) in [6, 6.07) is 14.0. The van der Waals surface area contributed by atoms with Crippen molar-refractivity contribution in [1.29, 1.82) is 0 Å². The van der Waals surface area contributed by atoms with E-state index in [1.807, 2.05) is 0 Å². The highest BCUT2D eigenvalue weighted by molar-refractivity contribution is 5.62. The Kier molecular flexibility index (Phi) is 6.87. The third kappa shape index (κ3) is 5.28. The molecule has 33 heavy (non-hydrogen) atoms. The monoisotopic (exact) mass is 459 g/mol. The molecule has 0 N–H and O–H groups in total. The van der Waals surface area contributed by atoms with Gasteiger partial charge in [0.05, 0.1) is 25.4 Å². The molecule has 0 amide bonds. The smallest absolute Gasteiger partial charge is 0.375 e. The van der Waals surface area contributed by atoms with Crippen LogP contribution >= 0.6 is 0 Å². The second-order valence-corrected chi connectivity index (χ2v) is 9.60. The fourth-order valence-corrected chi connectivity index (χ4v) is 4.52. The molecule has 3 nitrogen and oxygen atoms in total. The summed E-state index contributed by atoms with van der Waals surface area (Å²) < 4.78 is 50.1. The molecule has 6 heteroatoms. The van der Waals surface area contributed by atoms with Gasteiger partial charge in [-0.3, -0.25) is 0 Å². The van der Waals surface area contributed by atoms with Gasteiger partial charge in [0.15, 0.2) is 0 Å². The zero-order chi connectivity index (χ0) is 23.6. The van der Waals surface area contributed by atoms with Crippen molar-refractivity contribution < 1.29 is 22.6 Å². The molecule has 2 aromatic carbocycles. The number of alkyl halides is 3. The summed E-state index contributed by atoms with van der Waals surface area (Å²) in [5, 5.41) is 0. The minimum Gasteiger partial charge on any atom is -0.375 e. The number of halogens is 3. The van der Waals surface area contributed by atoms with Crippen LogP contribution in [0.15, 0.2) is 55.1 Å². The van der Waals surface area contributed by atoms with E-state index >= 15 is 0 Å². The van der Waals surface area contributed by atoms with E-state index in [2.05, 4.69) is 49.6 Å². The summed E-state index contributed by atoms with van der Waals surface area (Å²) in [4.78, 5) is 2.27. The Hall–Kier alpha value is -2.31. The van der Waals surface area contributed by atoms with Crippen molar-refractivity contribution in [3.8, 4) is 0 Å². The van der Waals surface area contributed by atoms with Crippen LogP contribution in [0, 0.1) is 5.92 Å². The fourth-order valence-electron chi connectivity index (χ4n) is 4.52. The number of benzene rings is 2. The van der Waals surface area contributed by atoms with Crippen molar-refractivity contribution in [2.75, 3.05) is 32.9 Å². The zero-order valence-corrected chi connectivity index (χ0v) is 19.3. The van der Waals surface area contributed by atoms with Crippen molar-refractivity contribution in [2.45, 2.75) is 44.4 Å². The number of hydrogen-bond donors (Lipinski definition) is 0. The zero-order valence-electron chi connectivity index (χ0n) is 19.3. The van der Waals surface area contributed by atoms with Gasteiger partial charge in [-0.2, -0.15) is 13.2 Å². The van der Waals surface area contributed by atoms with Gasteiger partial charge < -0.3 is 14.4 Å². The molecule has 2 heterocycles. The Morgan fingerprint density at radius 3 is 2.15 bits per heavy atom. The summed E-state index contributed by atoms with van der Waals surface area (Å²) in [7, 11) is 0. The molecule has 4 rings (SSSR count). The predicted molar refractivity (Wildman–Crippen MR) is 124 cm³/mol. The summed E-state index contributed by atoms with van der Waals surface area (Å²) >= 11 is 0. The van der Waals surface area contributed by atoms with Crippen molar-refractivity contribution in [2.24, 2.45) is 5.92 Å². The second-order valence-electron chi connectivity index (χ2n) is 9.60. The quantitative estimate of drug-likeness (QED) is 0.475. The number of rotatable bonds is 7. The highest BCUT2D eigenvalue weighted by Crippen LogP contribution is 2.37. The van der Waals surface area contributed by atoms with Gasteiger partial charge in [-0.15, -0.1) is 0 Å². The average Bonchev–Trinajstić information content (AvgIpc) is 2.78. The average molecular weight is 460 g/mol. The van der Waals surface area contributed by atoms with E-state index < -0.39 is 11.7 Å². The predicted octanol–water partition coefficient (Wildman–Crippen LogP) is 6.45. The molecular weight excluding hydrogens is 427 g/mol. The lowest BCUT2D eigenvalue weighted by Crippen LogP contribution is -2.49. The van der Waals surface area contributed by atoms with Gasteiger partial charge in [-0.05, 0) is 53.5 Å². The second kappa shape index (κ2) is 9.51. The van der Waals surface area contributed by atoms with Crippen LogP contribution in [-0.4, -0.2) is 37.8 Å². The number of nitrogens with zero attached hydrogens (tertiary/aromatic N) is 1. The van der Waals surface area contributed by atoms with Crippen molar-refractivity contribution in [1.82, 2.24) is 4.90 Å². The summed E-state index contributed by atoms with van der Waals surface area (Å²) in [6.45, 7) is 12.1. The van der Waals surface area contributed by atoms with Gasteiger partial charge >= 0.3 is 6.18 Å². The van der Waals surface area contributed by atoms with Crippen LogP contribution in [0.25, 0.3) is 5.70 Å². The minimum absolute atomic E-state index is 0.273. The first-order chi connectivity index (χ1) is 15.7. The van der Waals surface area contributed by atoms with E-state index in [0.717, 1.165) is 48.3 Å². The van der Waals surface area contributed by atoms with Gasteiger partial charge in [0.25, 0.3) is 0 Å². The first-order valence-corrected chi connectivity index (χ1v) is 11.6. The molecule has 0 atom stereocenters. The highest BCUT2D eigenvalue weighted by atomic mass is 19.4. The van der Waals surface area contributed by atoms with Gasteiger partial charge in [0.1, 0.15) is 5.60 Å². The van der Waals surface area contributed by atoms with Gasteiger partial charge in [0.2, 0.25) is 0 Å². The molecule has 0 unspecified atom stereocenters. The molecular formula is C27H32F3NO2. The topological polar surface area (TPSA) is 21.7 Å². The Bertz CT molecular complexity index is 939. The molecule has 2 aliphatic heterocycles. The lowest BCUT2D eigenvalue weighted by molar-refractivity contribution is -0.220. The maximum atomic E-state index is 12.8. The van der Waals surface area contributed by atoms with Crippen LogP contribution in [0.2, 0.25) is 0 Å². The highest BCUT2D eigenvalue weighted by Gasteiger charge is 2.41. The van der Waals surface area contributed by atoms with E-state index in [4.69, 9.17) is 9.47 Å². The normalized spacial score (nSPS) is 18.9. The Balaban J connectivity index is 1.35. The van der Waals surface area contributed by atoms with E-state index in [-0.39, 0.29) is 11.5 Å². The molecule has 2 aliphatic rings. The number of ether oxygens (including phenoxy) is 2. The SMILES string of the molecule is C=C(c1ccc(C2(OCC(C)C)COC2)cc1)N1CCC(c2ccc(C(F)(F)F)cc2)CC1. The Labute approximate surface area is 194 Å². The molecule has 0 saturated carbocycles. The van der Waals surface area contributed by atoms with Gasteiger partial charge in [-0.1, -0.05) is 56.8 Å². The van der Waals surface area contributed by atoms with E-state index in [0.29, 0.717) is 25.7 Å². The number of likely N-dealkylation sites (tertiary alicyclic amines) is 1. The van der Waals surface area contributed by atoms with Gasteiger partial charge in [0, 0.05) is 18.8 Å². The molecule has 0 bridgehead atoms. The first-order valence-electron chi connectivity index (χ1n) is 11.6. The van der Waals surface area contributed by atoms with Crippen molar-refractivity contribution >= 4 is 5.70 Å². The molecule has 0 spiro atoms. The summed E-state index contributed by atoms with van der Waals surface area (Å²) in [5.41, 5.74) is 3.23. The third-order valence-corrected chi connectivity index (χ3v) is 6.69. The third-order valence-electron chi connectivity index (χ3n) is 6.69. The van der Waals surface area contributed by atoms with Crippen LogP contribution in [0.3, 0.4) is 0 Å². The van der Waals surface area contributed by atoms with E-state index in [1.54, 1.807) is 12.1 Å². The molecule has 2 aromatic rings. The van der Waals surface area contributed by atoms with Gasteiger partial charge in [-0.25, -0.2) is 0 Å². The maximum absolute atomic E-state index is 12.8. The van der Waals surface area contributed by atoms with E-state index in [1.165, 1.54) is 12.1 Å². The van der Waals surface area contributed by atoms with Crippen LogP contribution in [0.4, 0.5) is 13.2 Å². The number of hydrogen-bond acceptors (Lipinski definition) is 3. The lowest BCUT2D eigenvalue weighted by Gasteiger charge is -2.42. The van der Waals surface area contributed by atoms with Crippen molar-refractivity contribution in [3.63, 3.8) is 0 Å². The summed E-state index contributed by atoms with van der Waals surface area (Å²) in [6.07, 6.45) is -2.50. The molecule has 2 fully saturated rings. The van der Waals surface area contributed by atoms with E-state index in [9.17, 15) is 13.2 Å². The first kappa shape index (κ1) is 23.8. The fraction of sp³-hybridized carbons (Fsp3) is 0.481. The maximum Gasteiger partial charge on any atom is 0.416 e. The molecule has 0 aromatic heterocycles. The minimum atomic E-state index is -4.29. The summed E-state index contributed by atoms with van der Waals surface area (Å²) in [5.74, 6) is 0.738. The molecule has 2 saturated heterocycles. The standard InChI is InChI=1S/C27H32F3NO2/c1-19(2)16-33-26(17-32-18-26)24-8-4-21(5-9-24)20(3)31-14-12-23(13-15-31)22-6-10-25(11-7-22)27(28,29)30/h4-11,19,23H,3,12-18H2,1-2H3. The van der Waals surface area contributed by atoms with Crippen LogP contribution in [0.5, 0.6) is 0 Å². The molecule has 0 aliphatic carbocycles. The molecule has 0 radical (unpaired) electrons. The number of piperidine rings is 1. The van der Waals surface area contributed by atoms with Crippen LogP contribution in [0.1, 0.15) is 54.9 Å². The Morgan fingerprint density at radius 2 is 1.67 bits per heavy atom.